The summed E-state index contributed by atoms with van der Waals surface area (Å²) in [7, 11) is 0. The fourth-order valence-electron chi connectivity index (χ4n) is 3.20. The van der Waals surface area contributed by atoms with Crippen LogP contribution >= 0.6 is 0 Å². The van der Waals surface area contributed by atoms with Crippen molar-refractivity contribution < 1.29 is 33.0 Å². The second-order valence-electron chi connectivity index (χ2n) is 6.00. The third-order valence-corrected chi connectivity index (χ3v) is 4.52. The van der Waals surface area contributed by atoms with Gasteiger partial charge in [0, 0.05) is 13.2 Å². The van der Waals surface area contributed by atoms with Gasteiger partial charge in [0.05, 0.1) is 18.6 Å². The molecule has 1 aliphatic heterocycles. The van der Waals surface area contributed by atoms with E-state index in [-0.39, 0.29) is 26.1 Å². The molecule has 0 aromatic heterocycles. The number of ether oxygens (including phenoxy) is 3. The van der Waals surface area contributed by atoms with Gasteiger partial charge < -0.3 is 14.2 Å². The first-order valence-electron chi connectivity index (χ1n) is 8.67. The van der Waals surface area contributed by atoms with Crippen molar-refractivity contribution in [1.82, 2.24) is 0 Å². The van der Waals surface area contributed by atoms with Crippen molar-refractivity contribution in [3.05, 3.63) is 35.6 Å². The predicted octanol–water partition coefficient (Wildman–Crippen LogP) is 2.19. The van der Waals surface area contributed by atoms with Crippen LogP contribution in [-0.2, 0) is 34.0 Å². The summed E-state index contributed by atoms with van der Waals surface area (Å²) < 4.78 is 28.6. The van der Waals surface area contributed by atoms with Gasteiger partial charge in [-0.15, -0.1) is 0 Å². The maximum atomic E-state index is 13.4. The highest BCUT2D eigenvalue weighted by Crippen LogP contribution is 2.38. The number of hydrogen-bond donors (Lipinski definition) is 0. The maximum absolute atomic E-state index is 13.4. The number of Topliss-reactive ketones (excluding diaryl/α,β-unsaturated/α-hetero) is 1. The Labute approximate surface area is 151 Å². The first-order valence-corrected chi connectivity index (χ1v) is 8.67. The first-order chi connectivity index (χ1) is 12.5. The molecule has 1 aromatic carbocycles. The Morgan fingerprint density at radius 3 is 2.00 bits per heavy atom. The summed E-state index contributed by atoms with van der Waals surface area (Å²) in [5.41, 5.74) is -0.582. The van der Waals surface area contributed by atoms with Gasteiger partial charge in [-0.1, -0.05) is 12.1 Å². The lowest BCUT2D eigenvalue weighted by atomic mass is 9.67. The summed E-state index contributed by atoms with van der Waals surface area (Å²) in [6.07, 6.45) is 0.569. The van der Waals surface area contributed by atoms with Gasteiger partial charge in [-0.25, -0.2) is 4.39 Å². The van der Waals surface area contributed by atoms with Gasteiger partial charge in [-0.2, -0.15) is 0 Å². The van der Waals surface area contributed by atoms with Crippen LogP contribution in [0.1, 0.15) is 32.3 Å². The third kappa shape index (κ3) is 4.09. The van der Waals surface area contributed by atoms with Crippen LogP contribution in [-0.4, -0.2) is 44.1 Å². The molecule has 0 bridgehead atoms. The molecule has 1 heterocycles. The second kappa shape index (κ2) is 8.89. The van der Waals surface area contributed by atoms with E-state index in [0.717, 1.165) is 0 Å². The van der Waals surface area contributed by atoms with E-state index in [9.17, 15) is 18.8 Å². The van der Waals surface area contributed by atoms with Crippen molar-refractivity contribution in [2.75, 3.05) is 26.4 Å². The lowest BCUT2D eigenvalue weighted by Crippen LogP contribution is -2.49. The number of hydrogen-bond acceptors (Lipinski definition) is 6. The molecule has 0 aliphatic carbocycles. The van der Waals surface area contributed by atoms with Crippen molar-refractivity contribution in [2.45, 2.75) is 32.1 Å². The second-order valence-corrected chi connectivity index (χ2v) is 6.00. The highest BCUT2D eigenvalue weighted by atomic mass is 19.1. The molecule has 0 spiro atoms. The summed E-state index contributed by atoms with van der Waals surface area (Å²) in [5, 5.41) is 0. The third-order valence-electron chi connectivity index (χ3n) is 4.52. The van der Waals surface area contributed by atoms with Crippen molar-refractivity contribution >= 4 is 17.7 Å². The lowest BCUT2D eigenvalue weighted by Gasteiger charge is -2.37. The molecule has 0 atom stereocenters. The average Bonchev–Trinajstić information content (AvgIpc) is 2.63. The zero-order chi connectivity index (χ0) is 19.2. The average molecular weight is 366 g/mol. The van der Waals surface area contributed by atoms with Crippen LogP contribution in [0.2, 0.25) is 0 Å². The van der Waals surface area contributed by atoms with Crippen LogP contribution in [0.5, 0.6) is 0 Å². The van der Waals surface area contributed by atoms with E-state index in [1.165, 1.54) is 24.3 Å². The van der Waals surface area contributed by atoms with Crippen molar-refractivity contribution in [3.8, 4) is 0 Å². The number of ketones is 1. The van der Waals surface area contributed by atoms with Crippen LogP contribution in [0.15, 0.2) is 24.3 Å². The zero-order valence-electron chi connectivity index (χ0n) is 15.0. The molecule has 0 N–H and O–H groups in total. The molecule has 1 fully saturated rings. The van der Waals surface area contributed by atoms with E-state index in [1.54, 1.807) is 13.8 Å². The lowest BCUT2D eigenvalue weighted by molar-refractivity contribution is -0.166. The minimum absolute atomic E-state index is 0.0364. The highest BCUT2D eigenvalue weighted by Gasteiger charge is 2.50. The molecule has 1 aromatic rings. The Morgan fingerprint density at radius 1 is 1.04 bits per heavy atom. The summed E-state index contributed by atoms with van der Waals surface area (Å²) in [6, 6.07) is 5.52. The van der Waals surface area contributed by atoms with Gasteiger partial charge in [0.25, 0.3) is 0 Å². The van der Waals surface area contributed by atoms with E-state index in [4.69, 9.17) is 14.2 Å². The van der Waals surface area contributed by atoms with Gasteiger partial charge in [0.2, 0.25) is 5.92 Å². The molecule has 2 rings (SSSR count). The number of esters is 2. The Morgan fingerprint density at radius 2 is 1.54 bits per heavy atom. The first kappa shape index (κ1) is 20.0. The Kier molecular flexibility index (Phi) is 6.85. The monoisotopic (exact) mass is 366 g/mol. The Hall–Kier alpha value is -2.28. The molecule has 7 heteroatoms. The SMILES string of the molecule is CCOC(=O)C(C(=O)OCC)C(=O)C1(c2ccc(F)cc2)CCOCC1. The summed E-state index contributed by atoms with van der Waals surface area (Å²) in [5.74, 6) is -4.55. The predicted molar refractivity (Wildman–Crippen MR) is 89.9 cm³/mol. The summed E-state index contributed by atoms with van der Waals surface area (Å²) in [6.45, 7) is 3.84. The standard InChI is InChI=1S/C19H23FO6/c1-3-25-17(22)15(18(23)26-4-2)16(21)19(9-11-24-12-10-19)13-5-7-14(20)8-6-13/h5-8,15H,3-4,9-12H2,1-2H3. The zero-order valence-corrected chi connectivity index (χ0v) is 15.0. The molecule has 1 saturated heterocycles. The van der Waals surface area contributed by atoms with E-state index in [2.05, 4.69) is 0 Å². The van der Waals surface area contributed by atoms with Gasteiger partial charge >= 0.3 is 11.9 Å². The number of carbonyl (C=O) groups is 3. The van der Waals surface area contributed by atoms with E-state index < -0.39 is 34.9 Å². The van der Waals surface area contributed by atoms with Crippen LogP contribution in [0, 0.1) is 11.7 Å². The molecule has 142 valence electrons. The molecule has 0 amide bonds. The fraction of sp³-hybridized carbons (Fsp3) is 0.526. The molecule has 0 radical (unpaired) electrons. The molecule has 6 nitrogen and oxygen atoms in total. The summed E-state index contributed by atoms with van der Waals surface area (Å²) in [4.78, 5) is 38.1. The van der Waals surface area contributed by atoms with Crippen LogP contribution in [0.3, 0.4) is 0 Å². The normalized spacial score (nSPS) is 16.2. The largest absolute Gasteiger partial charge is 0.465 e. The molecular formula is C19H23FO6. The Bertz CT molecular complexity index is 630. The number of benzene rings is 1. The van der Waals surface area contributed by atoms with Crippen molar-refractivity contribution in [3.63, 3.8) is 0 Å². The molecule has 0 saturated carbocycles. The van der Waals surface area contributed by atoms with Gasteiger partial charge in [-0.05, 0) is 44.4 Å². The smallest absolute Gasteiger partial charge is 0.328 e. The topological polar surface area (TPSA) is 78.9 Å². The molecule has 26 heavy (non-hydrogen) atoms. The van der Waals surface area contributed by atoms with Gasteiger partial charge in [0.15, 0.2) is 5.78 Å². The Balaban J connectivity index is 2.46. The molecule has 1 aliphatic rings. The number of rotatable bonds is 7. The molecular weight excluding hydrogens is 343 g/mol. The van der Waals surface area contributed by atoms with E-state index >= 15 is 0 Å². The van der Waals surface area contributed by atoms with Crippen LogP contribution in [0.4, 0.5) is 4.39 Å². The minimum Gasteiger partial charge on any atom is -0.465 e. The number of carbonyl (C=O) groups excluding carboxylic acids is 3. The van der Waals surface area contributed by atoms with Crippen molar-refractivity contribution in [2.24, 2.45) is 5.92 Å². The van der Waals surface area contributed by atoms with Crippen LogP contribution < -0.4 is 0 Å². The van der Waals surface area contributed by atoms with Crippen molar-refractivity contribution in [1.29, 1.82) is 0 Å². The van der Waals surface area contributed by atoms with Gasteiger partial charge in [0.1, 0.15) is 5.82 Å². The fourth-order valence-corrected chi connectivity index (χ4v) is 3.20. The minimum atomic E-state index is -1.67. The summed E-state index contributed by atoms with van der Waals surface area (Å²) >= 11 is 0. The molecule has 0 unspecified atom stereocenters. The highest BCUT2D eigenvalue weighted by molar-refractivity contribution is 6.18. The van der Waals surface area contributed by atoms with E-state index in [1.807, 2.05) is 0 Å². The quantitative estimate of drug-likeness (QED) is 0.544. The maximum Gasteiger partial charge on any atom is 0.328 e. The number of halogens is 1. The van der Waals surface area contributed by atoms with E-state index in [0.29, 0.717) is 18.8 Å². The van der Waals surface area contributed by atoms with Gasteiger partial charge in [-0.3, -0.25) is 14.4 Å². The van der Waals surface area contributed by atoms with Crippen LogP contribution in [0.25, 0.3) is 0 Å².